The van der Waals surface area contributed by atoms with E-state index in [-0.39, 0.29) is 5.91 Å². The number of nitrogens with two attached hydrogens (primary N) is 1. The standard InChI is InChI=1S/C13H19N3O/c1-3-8(2)15-12-6-9-4-5-13(17)16-11(9)7-10(12)14/h6-8,15H,3-5,14H2,1-2H3,(H,16,17). The number of carbonyl (C=O) groups is 1. The quantitative estimate of drug-likeness (QED) is 0.702. The first-order chi connectivity index (χ1) is 8.10. The van der Waals surface area contributed by atoms with E-state index in [1.807, 2.05) is 6.07 Å². The van der Waals surface area contributed by atoms with E-state index in [4.69, 9.17) is 5.73 Å². The van der Waals surface area contributed by atoms with Gasteiger partial charge in [-0.3, -0.25) is 4.79 Å². The second kappa shape index (κ2) is 4.65. The van der Waals surface area contributed by atoms with Gasteiger partial charge in [-0.1, -0.05) is 6.92 Å². The molecule has 1 aliphatic heterocycles. The Kier molecular flexibility index (Phi) is 3.22. The Morgan fingerprint density at radius 1 is 1.47 bits per heavy atom. The molecule has 0 saturated heterocycles. The third kappa shape index (κ3) is 2.52. The van der Waals surface area contributed by atoms with Crippen molar-refractivity contribution in [3.05, 3.63) is 17.7 Å². The number of amides is 1. The predicted molar refractivity (Wildman–Crippen MR) is 71.2 cm³/mol. The molecule has 0 bridgehead atoms. The number of hydrogen-bond acceptors (Lipinski definition) is 3. The van der Waals surface area contributed by atoms with E-state index in [0.717, 1.165) is 29.8 Å². The van der Waals surface area contributed by atoms with Crippen molar-refractivity contribution in [1.82, 2.24) is 0 Å². The number of hydrogen-bond donors (Lipinski definition) is 3. The van der Waals surface area contributed by atoms with Crippen LogP contribution in [0.3, 0.4) is 0 Å². The first-order valence-corrected chi connectivity index (χ1v) is 6.09. The highest BCUT2D eigenvalue weighted by Crippen LogP contribution is 2.31. The molecule has 0 aromatic heterocycles. The fourth-order valence-electron chi connectivity index (χ4n) is 1.94. The molecular formula is C13H19N3O. The zero-order valence-electron chi connectivity index (χ0n) is 10.3. The maximum Gasteiger partial charge on any atom is 0.224 e. The number of nitrogen functional groups attached to an aromatic ring is 1. The Hall–Kier alpha value is -1.71. The van der Waals surface area contributed by atoms with Crippen LogP contribution in [0.15, 0.2) is 12.1 Å². The van der Waals surface area contributed by atoms with Crippen LogP contribution in [0.4, 0.5) is 17.1 Å². The summed E-state index contributed by atoms with van der Waals surface area (Å²) in [5, 5.41) is 6.23. The molecule has 0 aliphatic carbocycles. The van der Waals surface area contributed by atoms with Crippen LogP contribution in [0.5, 0.6) is 0 Å². The minimum Gasteiger partial charge on any atom is -0.397 e. The predicted octanol–water partition coefficient (Wildman–Crippen LogP) is 2.36. The second-order valence-corrected chi connectivity index (χ2v) is 4.60. The average molecular weight is 233 g/mol. The number of rotatable bonds is 3. The fraction of sp³-hybridized carbons (Fsp3) is 0.462. The third-order valence-electron chi connectivity index (χ3n) is 3.19. The molecule has 4 nitrogen and oxygen atoms in total. The minimum absolute atomic E-state index is 0.0690. The minimum atomic E-state index is 0.0690. The van der Waals surface area contributed by atoms with Gasteiger partial charge in [0, 0.05) is 18.2 Å². The first-order valence-electron chi connectivity index (χ1n) is 6.09. The van der Waals surface area contributed by atoms with Crippen LogP contribution in [0.2, 0.25) is 0 Å². The summed E-state index contributed by atoms with van der Waals surface area (Å²) >= 11 is 0. The van der Waals surface area contributed by atoms with Gasteiger partial charge in [-0.05, 0) is 37.5 Å². The lowest BCUT2D eigenvalue weighted by atomic mass is 10.0. The number of nitrogens with one attached hydrogen (secondary N) is 2. The Balaban J connectivity index is 2.27. The molecule has 1 heterocycles. The SMILES string of the molecule is CCC(C)Nc1cc2c(cc1N)NC(=O)CC2. The highest BCUT2D eigenvalue weighted by atomic mass is 16.1. The van der Waals surface area contributed by atoms with Crippen molar-refractivity contribution < 1.29 is 4.79 Å². The lowest BCUT2D eigenvalue weighted by Gasteiger charge is -2.21. The molecule has 1 aromatic rings. The average Bonchev–Trinajstić information content (AvgIpc) is 2.30. The smallest absolute Gasteiger partial charge is 0.224 e. The molecule has 92 valence electrons. The molecule has 4 N–H and O–H groups in total. The number of carbonyl (C=O) groups excluding carboxylic acids is 1. The molecule has 1 aromatic carbocycles. The summed E-state index contributed by atoms with van der Waals surface area (Å²) in [6, 6.07) is 4.29. The van der Waals surface area contributed by atoms with Gasteiger partial charge in [-0.15, -0.1) is 0 Å². The summed E-state index contributed by atoms with van der Waals surface area (Å²) < 4.78 is 0. The monoisotopic (exact) mass is 233 g/mol. The Morgan fingerprint density at radius 3 is 2.94 bits per heavy atom. The van der Waals surface area contributed by atoms with Crippen LogP contribution in [0.25, 0.3) is 0 Å². The van der Waals surface area contributed by atoms with Crippen molar-refractivity contribution in [2.45, 2.75) is 39.2 Å². The first kappa shape index (κ1) is 11.8. The van der Waals surface area contributed by atoms with Crippen LogP contribution in [-0.4, -0.2) is 11.9 Å². The highest BCUT2D eigenvalue weighted by Gasteiger charge is 2.16. The number of fused-ring (bicyclic) bond motifs is 1. The van der Waals surface area contributed by atoms with E-state index in [0.29, 0.717) is 18.2 Å². The molecule has 1 unspecified atom stereocenters. The Morgan fingerprint density at radius 2 is 2.24 bits per heavy atom. The molecule has 1 amide bonds. The van der Waals surface area contributed by atoms with Crippen LogP contribution >= 0.6 is 0 Å². The van der Waals surface area contributed by atoms with Gasteiger partial charge in [-0.2, -0.15) is 0 Å². The molecule has 0 fully saturated rings. The van der Waals surface area contributed by atoms with Gasteiger partial charge < -0.3 is 16.4 Å². The molecule has 0 saturated carbocycles. The number of aryl methyl sites for hydroxylation is 1. The molecule has 1 aliphatic rings. The van der Waals surface area contributed by atoms with E-state index in [1.165, 1.54) is 0 Å². The van der Waals surface area contributed by atoms with Gasteiger partial charge in [0.25, 0.3) is 0 Å². The number of anilines is 3. The highest BCUT2D eigenvalue weighted by molar-refractivity contribution is 5.95. The topological polar surface area (TPSA) is 67.2 Å². The number of benzene rings is 1. The molecule has 1 atom stereocenters. The summed E-state index contributed by atoms with van der Waals surface area (Å²) in [7, 11) is 0. The van der Waals surface area contributed by atoms with Crippen molar-refractivity contribution >= 4 is 23.0 Å². The maximum atomic E-state index is 11.3. The van der Waals surface area contributed by atoms with Crippen LogP contribution < -0.4 is 16.4 Å². The van der Waals surface area contributed by atoms with Gasteiger partial charge in [-0.25, -0.2) is 0 Å². The van der Waals surface area contributed by atoms with Crippen molar-refractivity contribution in [3.63, 3.8) is 0 Å². The van der Waals surface area contributed by atoms with Crippen molar-refractivity contribution in [2.75, 3.05) is 16.4 Å². The van der Waals surface area contributed by atoms with Gasteiger partial charge in [0.2, 0.25) is 5.91 Å². The summed E-state index contributed by atoms with van der Waals surface area (Å²) in [5.41, 5.74) is 9.64. The fourth-order valence-corrected chi connectivity index (χ4v) is 1.94. The summed E-state index contributed by atoms with van der Waals surface area (Å²) in [4.78, 5) is 11.3. The largest absolute Gasteiger partial charge is 0.397 e. The van der Waals surface area contributed by atoms with Gasteiger partial charge in [0.15, 0.2) is 0 Å². The van der Waals surface area contributed by atoms with Crippen molar-refractivity contribution in [2.24, 2.45) is 0 Å². The van der Waals surface area contributed by atoms with E-state index in [1.54, 1.807) is 0 Å². The van der Waals surface area contributed by atoms with E-state index >= 15 is 0 Å². The molecule has 0 spiro atoms. The van der Waals surface area contributed by atoms with Gasteiger partial charge in [0.05, 0.1) is 11.4 Å². The van der Waals surface area contributed by atoms with Crippen LogP contribution in [0, 0.1) is 0 Å². The maximum absolute atomic E-state index is 11.3. The third-order valence-corrected chi connectivity index (χ3v) is 3.19. The van der Waals surface area contributed by atoms with Crippen molar-refractivity contribution in [3.8, 4) is 0 Å². The zero-order chi connectivity index (χ0) is 12.4. The second-order valence-electron chi connectivity index (χ2n) is 4.60. The molecule has 4 heteroatoms. The molecular weight excluding hydrogens is 214 g/mol. The van der Waals surface area contributed by atoms with E-state index in [9.17, 15) is 4.79 Å². The van der Waals surface area contributed by atoms with Crippen LogP contribution in [0.1, 0.15) is 32.3 Å². The molecule has 17 heavy (non-hydrogen) atoms. The lowest BCUT2D eigenvalue weighted by molar-refractivity contribution is -0.116. The lowest BCUT2D eigenvalue weighted by Crippen LogP contribution is -2.20. The summed E-state index contributed by atoms with van der Waals surface area (Å²) in [6.07, 6.45) is 2.39. The van der Waals surface area contributed by atoms with E-state index in [2.05, 4.69) is 30.5 Å². The Labute approximate surface area is 102 Å². The van der Waals surface area contributed by atoms with Gasteiger partial charge in [0.1, 0.15) is 0 Å². The summed E-state index contributed by atoms with van der Waals surface area (Å²) in [6.45, 7) is 4.26. The Bertz CT molecular complexity index is 443. The molecule has 0 radical (unpaired) electrons. The van der Waals surface area contributed by atoms with Crippen molar-refractivity contribution in [1.29, 1.82) is 0 Å². The zero-order valence-corrected chi connectivity index (χ0v) is 10.3. The normalized spacial score (nSPS) is 16.0. The van der Waals surface area contributed by atoms with Crippen LogP contribution in [-0.2, 0) is 11.2 Å². The summed E-state index contributed by atoms with van der Waals surface area (Å²) in [5.74, 6) is 0.0690. The molecule has 2 rings (SSSR count). The van der Waals surface area contributed by atoms with Gasteiger partial charge >= 0.3 is 0 Å². The van der Waals surface area contributed by atoms with E-state index < -0.39 is 0 Å².